The Hall–Kier alpha value is -2.16. The van der Waals surface area contributed by atoms with Gasteiger partial charge in [-0.15, -0.1) is 0 Å². The third kappa shape index (κ3) is 4.51. The molecule has 26 heavy (non-hydrogen) atoms. The topological polar surface area (TPSA) is 38.7 Å². The number of hydrogen-bond acceptors (Lipinski definition) is 3. The molecule has 1 aliphatic carbocycles. The highest BCUT2D eigenvalue weighted by Crippen LogP contribution is 2.40. The summed E-state index contributed by atoms with van der Waals surface area (Å²) in [5.74, 6) is 2.52. The average Bonchev–Trinajstić information content (AvgIpc) is 2.65. The Morgan fingerprint density at radius 3 is 2.31 bits per heavy atom. The van der Waals surface area contributed by atoms with Gasteiger partial charge < -0.3 is 14.6 Å². The summed E-state index contributed by atoms with van der Waals surface area (Å²) in [5, 5.41) is 10.1. The first-order valence-corrected chi connectivity index (χ1v) is 9.71. The van der Waals surface area contributed by atoms with Crippen LogP contribution in [0.25, 0.3) is 0 Å². The van der Waals surface area contributed by atoms with E-state index >= 15 is 0 Å². The molecule has 140 valence electrons. The Morgan fingerprint density at radius 1 is 0.846 bits per heavy atom. The summed E-state index contributed by atoms with van der Waals surface area (Å²) in [6.45, 7) is 7.09. The van der Waals surface area contributed by atoms with Crippen molar-refractivity contribution < 1.29 is 14.6 Å². The predicted octanol–water partition coefficient (Wildman–Crippen LogP) is 5.82. The molecule has 0 radical (unpaired) electrons. The van der Waals surface area contributed by atoms with Crippen LogP contribution in [-0.4, -0.2) is 18.3 Å². The highest BCUT2D eigenvalue weighted by atomic mass is 16.5. The Balaban J connectivity index is 1.63. The molecule has 2 aromatic carbocycles. The van der Waals surface area contributed by atoms with Crippen molar-refractivity contribution in [3.05, 3.63) is 52.6 Å². The highest BCUT2D eigenvalue weighted by molar-refractivity contribution is 5.47. The van der Waals surface area contributed by atoms with Crippen molar-refractivity contribution in [2.75, 3.05) is 13.2 Å². The fourth-order valence-electron chi connectivity index (χ4n) is 3.67. The van der Waals surface area contributed by atoms with Crippen LogP contribution in [0.15, 0.2) is 30.3 Å². The van der Waals surface area contributed by atoms with Crippen molar-refractivity contribution in [3.63, 3.8) is 0 Å². The second-order valence-corrected chi connectivity index (χ2v) is 7.45. The van der Waals surface area contributed by atoms with Gasteiger partial charge in [0.1, 0.15) is 30.5 Å². The molecule has 0 aromatic heterocycles. The van der Waals surface area contributed by atoms with Crippen LogP contribution in [-0.2, 0) is 0 Å². The molecule has 0 bridgehead atoms. The lowest BCUT2D eigenvalue weighted by atomic mass is 9.83. The monoisotopic (exact) mass is 354 g/mol. The lowest BCUT2D eigenvalue weighted by Crippen LogP contribution is -2.12. The van der Waals surface area contributed by atoms with Gasteiger partial charge in [0.2, 0.25) is 0 Å². The van der Waals surface area contributed by atoms with E-state index in [4.69, 9.17) is 9.47 Å². The largest absolute Gasteiger partial charge is 0.508 e. The van der Waals surface area contributed by atoms with E-state index in [2.05, 4.69) is 32.0 Å². The first-order chi connectivity index (χ1) is 12.5. The van der Waals surface area contributed by atoms with Crippen molar-refractivity contribution in [2.24, 2.45) is 0 Å². The van der Waals surface area contributed by atoms with Crippen LogP contribution < -0.4 is 9.47 Å². The fraction of sp³-hybridized carbons (Fsp3) is 0.478. The van der Waals surface area contributed by atoms with Crippen LogP contribution in [0.2, 0.25) is 0 Å². The van der Waals surface area contributed by atoms with E-state index in [9.17, 15) is 5.11 Å². The number of ether oxygens (including phenoxy) is 2. The fourth-order valence-corrected chi connectivity index (χ4v) is 3.67. The van der Waals surface area contributed by atoms with Crippen molar-refractivity contribution in [3.8, 4) is 17.2 Å². The van der Waals surface area contributed by atoms with Crippen LogP contribution >= 0.6 is 0 Å². The summed E-state index contributed by atoms with van der Waals surface area (Å²) in [6.07, 6.45) is 6.30. The highest BCUT2D eigenvalue weighted by Gasteiger charge is 2.20. The minimum Gasteiger partial charge on any atom is -0.508 e. The zero-order valence-electron chi connectivity index (χ0n) is 16.2. The minimum atomic E-state index is 0.301. The summed E-state index contributed by atoms with van der Waals surface area (Å²) >= 11 is 0. The zero-order valence-corrected chi connectivity index (χ0v) is 16.2. The molecular formula is C23H30O3. The molecule has 0 saturated heterocycles. The van der Waals surface area contributed by atoms with Crippen LogP contribution in [0.5, 0.6) is 17.2 Å². The Labute approximate surface area is 157 Å². The number of benzene rings is 2. The van der Waals surface area contributed by atoms with Gasteiger partial charge in [-0.05, 0) is 80.0 Å². The summed E-state index contributed by atoms with van der Waals surface area (Å²) in [5.41, 5.74) is 4.66. The van der Waals surface area contributed by atoms with Crippen molar-refractivity contribution in [2.45, 2.75) is 58.8 Å². The number of aromatic hydroxyl groups is 1. The van der Waals surface area contributed by atoms with Crippen LogP contribution in [0, 0.1) is 20.8 Å². The molecule has 0 heterocycles. The molecule has 3 nitrogen and oxygen atoms in total. The lowest BCUT2D eigenvalue weighted by molar-refractivity contribution is 0.214. The second-order valence-electron chi connectivity index (χ2n) is 7.45. The SMILES string of the molecule is Cc1ccc(OCCOc2cc(O)c(C)cc2C2CCCCC2)cc1C. The molecule has 1 aliphatic rings. The quantitative estimate of drug-likeness (QED) is 0.664. The molecule has 0 aliphatic heterocycles. The van der Waals surface area contributed by atoms with Gasteiger partial charge in [0.25, 0.3) is 0 Å². The first kappa shape index (κ1) is 18.6. The number of rotatable bonds is 6. The molecule has 0 atom stereocenters. The molecule has 1 N–H and O–H groups in total. The van der Waals surface area contributed by atoms with Gasteiger partial charge in [-0.1, -0.05) is 25.3 Å². The third-order valence-electron chi connectivity index (χ3n) is 5.46. The van der Waals surface area contributed by atoms with Gasteiger partial charge in [-0.25, -0.2) is 0 Å². The summed E-state index contributed by atoms with van der Waals surface area (Å²) in [7, 11) is 0. The van der Waals surface area contributed by atoms with Crippen LogP contribution in [0.3, 0.4) is 0 Å². The van der Waals surface area contributed by atoms with Gasteiger partial charge >= 0.3 is 0 Å². The second kappa shape index (κ2) is 8.48. The molecule has 3 rings (SSSR count). The van der Waals surface area contributed by atoms with Crippen LogP contribution in [0.1, 0.15) is 60.3 Å². The molecule has 0 unspecified atom stereocenters. The molecular weight excluding hydrogens is 324 g/mol. The lowest BCUT2D eigenvalue weighted by Gasteiger charge is -2.25. The number of aryl methyl sites for hydroxylation is 3. The first-order valence-electron chi connectivity index (χ1n) is 9.71. The van der Waals surface area contributed by atoms with Crippen molar-refractivity contribution in [1.29, 1.82) is 0 Å². The predicted molar refractivity (Wildman–Crippen MR) is 106 cm³/mol. The molecule has 3 heteroatoms. The number of phenolic OH excluding ortho intramolecular Hbond substituents is 1. The van der Waals surface area contributed by atoms with Gasteiger partial charge in [0, 0.05) is 6.07 Å². The van der Waals surface area contributed by atoms with Gasteiger partial charge in [0.15, 0.2) is 0 Å². The maximum absolute atomic E-state index is 10.1. The van der Waals surface area contributed by atoms with E-state index in [-0.39, 0.29) is 0 Å². The van der Waals surface area contributed by atoms with E-state index in [0.717, 1.165) is 17.1 Å². The van der Waals surface area contributed by atoms with Gasteiger partial charge in [-0.2, -0.15) is 0 Å². The molecule has 1 fully saturated rings. The van der Waals surface area contributed by atoms with Gasteiger partial charge in [-0.3, -0.25) is 0 Å². The van der Waals surface area contributed by atoms with E-state index in [0.29, 0.717) is 24.9 Å². The maximum Gasteiger partial charge on any atom is 0.126 e. The Kier molecular flexibility index (Phi) is 6.08. The standard InChI is InChI=1S/C23H30O3/c1-16-9-10-20(13-17(16)2)25-11-12-26-23-15-22(24)18(3)14-21(23)19-7-5-4-6-8-19/h9-10,13-15,19,24H,4-8,11-12H2,1-3H3. The van der Waals surface area contributed by atoms with E-state index in [1.165, 1.54) is 48.8 Å². The summed E-state index contributed by atoms with van der Waals surface area (Å²) < 4.78 is 11.8. The number of phenols is 1. The van der Waals surface area contributed by atoms with Crippen molar-refractivity contribution in [1.82, 2.24) is 0 Å². The van der Waals surface area contributed by atoms with Crippen molar-refractivity contribution >= 4 is 0 Å². The maximum atomic E-state index is 10.1. The van der Waals surface area contributed by atoms with Crippen LogP contribution in [0.4, 0.5) is 0 Å². The summed E-state index contributed by atoms with van der Waals surface area (Å²) in [4.78, 5) is 0. The molecule has 0 spiro atoms. The van der Waals surface area contributed by atoms with E-state index in [1.807, 2.05) is 13.0 Å². The zero-order chi connectivity index (χ0) is 18.5. The minimum absolute atomic E-state index is 0.301. The normalized spacial score (nSPS) is 15.0. The van der Waals surface area contributed by atoms with E-state index < -0.39 is 0 Å². The molecule has 0 amide bonds. The van der Waals surface area contributed by atoms with E-state index in [1.54, 1.807) is 6.07 Å². The Bertz CT molecular complexity index is 745. The summed E-state index contributed by atoms with van der Waals surface area (Å²) in [6, 6.07) is 10.00. The average molecular weight is 354 g/mol. The third-order valence-corrected chi connectivity index (χ3v) is 5.46. The Morgan fingerprint density at radius 2 is 1.58 bits per heavy atom. The number of hydrogen-bond donors (Lipinski definition) is 1. The molecule has 2 aromatic rings. The van der Waals surface area contributed by atoms with Gasteiger partial charge in [0.05, 0.1) is 0 Å². The molecule has 1 saturated carbocycles. The smallest absolute Gasteiger partial charge is 0.126 e.